The van der Waals surface area contributed by atoms with Crippen molar-refractivity contribution >= 4 is 10.8 Å². The van der Waals surface area contributed by atoms with E-state index in [4.69, 9.17) is 5.73 Å². The van der Waals surface area contributed by atoms with Gasteiger partial charge in [0.2, 0.25) is 0 Å². The van der Waals surface area contributed by atoms with E-state index in [0.717, 1.165) is 25.1 Å². The van der Waals surface area contributed by atoms with Crippen molar-refractivity contribution in [1.29, 1.82) is 0 Å². The molecule has 0 amide bonds. The lowest BCUT2D eigenvalue weighted by Crippen LogP contribution is -2.46. The number of nitrogens with zero attached hydrogens (tertiary/aromatic N) is 1. The highest BCUT2D eigenvalue weighted by Crippen LogP contribution is 2.42. The number of hydrogen-bond donors (Lipinski definition) is 1. The molecule has 0 spiro atoms. The van der Waals surface area contributed by atoms with Gasteiger partial charge in [-0.25, -0.2) is 0 Å². The first-order valence-electron chi connectivity index (χ1n) is 11.7. The monoisotopic (exact) mass is 414 g/mol. The molecule has 2 N–H and O–H groups in total. The minimum Gasteiger partial charge on any atom is -0.316 e. The second kappa shape index (κ2) is 11.5. The molecule has 0 bridgehead atoms. The van der Waals surface area contributed by atoms with Crippen LogP contribution < -0.4 is 5.73 Å². The Morgan fingerprint density at radius 1 is 1.14 bits per heavy atom. The van der Waals surface area contributed by atoms with Crippen LogP contribution in [0.15, 0.2) is 0 Å². The number of nitrogens with two attached hydrogens (primary N) is 1. The quantitative estimate of drug-likeness (QED) is 0.533. The molecule has 1 aliphatic carbocycles. The molecule has 0 heterocycles. The Kier molecular flexibility index (Phi) is 10.7. The minimum atomic E-state index is -0.703. The zero-order valence-corrected chi connectivity index (χ0v) is 21.1. The standard InChI is InChI=1S/C24H50N2OS/c1-10-23(25)26(9)16-24(7,8)21-12-11-13-22(28(27)15-17(2)3)20(6)19(5)18(4)14-21/h17-23H,10-16,25H2,1-9H3. The lowest BCUT2D eigenvalue weighted by molar-refractivity contribution is 0.0801. The van der Waals surface area contributed by atoms with E-state index in [-0.39, 0.29) is 11.6 Å². The second-order valence-corrected chi connectivity index (χ2v) is 12.6. The van der Waals surface area contributed by atoms with Gasteiger partial charge in [-0.3, -0.25) is 9.11 Å². The summed E-state index contributed by atoms with van der Waals surface area (Å²) in [5.74, 6) is 3.88. The first-order valence-corrected chi connectivity index (χ1v) is 13.1. The van der Waals surface area contributed by atoms with Gasteiger partial charge in [0.25, 0.3) is 0 Å². The summed E-state index contributed by atoms with van der Waals surface area (Å²) in [5, 5.41) is 0.359. The smallest absolute Gasteiger partial charge is 0.0566 e. The van der Waals surface area contributed by atoms with E-state index < -0.39 is 10.8 Å². The van der Waals surface area contributed by atoms with Crippen LogP contribution in [0.5, 0.6) is 0 Å². The fourth-order valence-corrected chi connectivity index (χ4v) is 7.26. The molecule has 7 atom stereocenters. The molecule has 0 aromatic heterocycles. The van der Waals surface area contributed by atoms with Crippen molar-refractivity contribution in [3.8, 4) is 0 Å². The van der Waals surface area contributed by atoms with Crippen LogP contribution in [0.1, 0.15) is 87.5 Å². The van der Waals surface area contributed by atoms with Crippen LogP contribution >= 0.6 is 0 Å². The van der Waals surface area contributed by atoms with Crippen LogP contribution in [0.25, 0.3) is 0 Å². The Morgan fingerprint density at radius 2 is 1.75 bits per heavy atom. The summed E-state index contributed by atoms with van der Waals surface area (Å²) in [6.07, 6.45) is 5.99. The van der Waals surface area contributed by atoms with Crippen LogP contribution in [0.3, 0.4) is 0 Å². The third-order valence-corrected chi connectivity index (χ3v) is 9.93. The summed E-state index contributed by atoms with van der Waals surface area (Å²) in [6, 6.07) is 0. The SMILES string of the molecule is CCC(N)N(C)CC(C)(C)C1CCCC(S(=O)CC(C)C)C(C)C(C)C(C)C1. The van der Waals surface area contributed by atoms with E-state index in [1.54, 1.807) is 0 Å². The molecule has 0 saturated heterocycles. The molecule has 4 heteroatoms. The molecule has 3 nitrogen and oxygen atoms in total. The van der Waals surface area contributed by atoms with Crippen molar-refractivity contribution in [2.24, 2.45) is 40.7 Å². The first kappa shape index (κ1) is 26.1. The molecule has 0 aromatic carbocycles. The van der Waals surface area contributed by atoms with Gasteiger partial charge in [-0.05, 0) is 67.7 Å². The molecule has 0 aromatic rings. The molecule has 1 fully saturated rings. The van der Waals surface area contributed by atoms with E-state index >= 15 is 0 Å². The van der Waals surface area contributed by atoms with Crippen molar-refractivity contribution < 1.29 is 4.21 Å². The van der Waals surface area contributed by atoms with Crippen molar-refractivity contribution in [3.63, 3.8) is 0 Å². The van der Waals surface area contributed by atoms with Gasteiger partial charge < -0.3 is 5.73 Å². The Morgan fingerprint density at radius 3 is 2.29 bits per heavy atom. The minimum absolute atomic E-state index is 0.148. The average molecular weight is 415 g/mol. The van der Waals surface area contributed by atoms with Crippen LogP contribution in [0, 0.1) is 35.0 Å². The van der Waals surface area contributed by atoms with Crippen LogP contribution in [0.4, 0.5) is 0 Å². The summed E-state index contributed by atoms with van der Waals surface area (Å²) < 4.78 is 13.1. The van der Waals surface area contributed by atoms with Gasteiger partial charge in [0.1, 0.15) is 0 Å². The van der Waals surface area contributed by atoms with Crippen LogP contribution in [-0.2, 0) is 10.8 Å². The fourth-order valence-electron chi connectivity index (χ4n) is 5.20. The highest BCUT2D eigenvalue weighted by atomic mass is 32.2. The Hall–Kier alpha value is 0.0700. The number of rotatable bonds is 8. The van der Waals surface area contributed by atoms with Gasteiger partial charge >= 0.3 is 0 Å². The van der Waals surface area contributed by atoms with E-state index in [0.29, 0.717) is 34.8 Å². The van der Waals surface area contributed by atoms with Crippen LogP contribution in [0.2, 0.25) is 0 Å². The van der Waals surface area contributed by atoms with E-state index in [2.05, 4.69) is 67.3 Å². The van der Waals surface area contributed by atoms with Crippen molar-refractivity contribution in [3.05, 3.63) is 0 Å². The highest BCUT2D eigenvalue weighted by molar-refractivity contribution is 7.85. The van der Waals surface area contributed by atoms with Gasteiger partial charge in [0.05, 0.1) is 6.17 Å². The maximum atomic E-state index is 13.1. The average Bonchev–Trinajstić information content (AvgIpc) is 2.65. The zero-order chi connectivity index (χ0) is 21.6. The molecular weight excluding hydrogens is 364 g/mol. The largest absolute Gasteiger partial charge is 0.316 e. The van der Waals surface area contributed by atoms with Gasteiger partial charge in [-0.15, -0.1) is 0 Å². The molecule has 1 rings (SSSR count). The number of hydrogen-bond acceptors (Lipinski definition) is 3. The van der Waals surface area contributed by atoms with Gasteiger partial charge in [-0.2, -0.15) is 0 Å². The molecule has 0 radical (unpaired) electrons. The molecule has 7 unspecified atom stereocenters. The second-order valence-electron chi connectivity index (χ2n) is 10.9. The predicted molar refractivity (Wildman–Crippen MR) is 126 cm³/mol. The lowest BCUT2D eigenvalue weighted by atomic mass is 9.70. The van der Waals surface area contributed by atoms with E-state index in [1.807, 2.05) is 0 Å². The maximum absolute atomic E-state index is 13.1. The summed E-state index contributed by atoms with van der Waals surface area (Å²) in [6.45, 7) is 19.7. The summed E-state index contributed by atoms with van der Waals surface area (Å²) in [4.78, 5) is 2.34. The van der Waals surface area contributed by atoms with Gasteiger partial charge in [0.15, 0.2) is 0 Å². The molecule has 1 aliphatic rings. The third-order valence-electron chi connectivity index (χ3n) is 7.59. The van der Waals surface area contributed by atoms with E-state index in [9.17, 15) is 4.21 Å². The molecule has 1 saturated carbocycles. The summed E-state index contributed by atoms with van der Waals surface area (Å²) >= 11 is 0. The van der Waals surface area contributed by atoms with Crippen molar-refractivity contribution in [1.82, 2.24) is 4.90 Å². The molecule has 0 aliphatic heterocycles. The molecular formula is C24H50N2OS. The van der Waals surface area contributed by atoms with Crippen molar-refractivity contribution in [2.75, 3.05) is 19.3 Å². The molecule has 28 heavy (non-hydrogen) atoms. The Labute approximate surface area is 179 Å². The maximum Gasteiger partial charge on any atom is 0.0566 e. The van der Waals surface area contributed by atoms with Crippen LogP contribution in [-0.4, -0.2) is 39.9 Å². The topological polar surface area (TPSA) is 46.3 Å². The Balaban J connectivity index is 2.95. The van der Waals surface area contributed by atoms with Gasteiger partial charge in [-0.1, -0.05) is 61.8 Å². The van der Waals surface area contributed by atoms with Crippen molar-refractivity contribution in [2.45, 2.75) is 98.9 Å². The summed E-state index contributed by atoms with van der Waals surface area (Å²) in [5.41, 5.74) is 6.53. The Bertz CT molecular complexity index is 479. The molecule has 168 valence electrons. The highest BCUT2D eigenvalue weighted by Gasteiger charge is 2.37. The first-order chi connectivity index (χ1) is 12.9. The normalized spacial score (nSPS) is 32.6. The third kappa shape index (κ3) is 7.40. The predicted octanol–water partition coefficient (Wildman–Crippen LogP) is 5.51. The van der Waals surface area contributed by atoms with Gasteiger partial charge in [0, 0.05) is 28.3 Å². The zero-order valence-electron chi connectivity index (χ0n) is 20.3. The lowest BCUT2D eigenvalue weighted by Gasteiger charge is -2.41. The summed E-state index contributed by atoms with van der Waals surface area (Å²) in [7, 11) is 1.47. The fraction of sp³-hybridized carbons (Fsp3) is 1.00. The van der Waals surface area contributed by atoms with E-state index in [1.165, 1.54) is 19.3 Å².